The summed E-state index contributed by atoms with van der Waals surface area (Å²) < 4.78 is 13.6. The number of carbonyl (C=O) groups is 1. The van der Waals surface area contributed by atoms with E-state index in [-0.39, 0.29) is 12.1 Å². The number of benzene rings is 2. The van der Waals surface area contributed by atoms with Crippen LogP contribution in [0.2, 0.25) is 0 Å². The van der Waals surface area contributed by atoms with Crippen LogP contribution in [0.5, 0.6) is 11.6 Å². The first kappa shape index (κ1) is 23.2. The number of aryl methyl sites for hydroxylation is 2. The molecule has 2 aromatic heterocycles. The zero-order valence-corrected chi connectivity index (χ0v) is 20.0. The molecule has 0 spiro atoms. The van der Waals surface area contributed by atoms with Crippen molar-refractivity contribution in [1.82, 2.24) is 20.0 Å². The van der Waals surface area contributed by atoms with Crippen LogP contribution in [-0.4, -0.2) is 26.8 Å². The van der Waals surface area contributed by atoms with Gasteiger partial charge in [-0.15, -0.1) is 0 Å². The first-order valence-electron chi connectivity index (χ1n) is 11.3. The molecule has 34 heavy (non-hydrogen) atoms. The molecule has 0 saturated carbocycles. The first-order chi connectivity index (χ1) is 16.4. The minimum Gasteiger partial charge on any atom is -0.467 e. The average molecular weight is 459 g/mol. The second-order valence-electron chi connectivity index (χ2n) is 8.58. The van der Waals surface area contributed by atoms with Crippen molar-refractivity contribution in [3.8, 4) is 22.9 Å². The van der Waals surface area contributed by atoms with Gasteiger partial charge in [0.25, 0.3) is 0 Å². The van der Waals surface area contributed by atoms with Gasteiger partial charge in [-0.1, -0.05) is 42.5 Å². The minimum atomic E-state index is -0.184. The third kappa shape index (κ3) is 5.49. The third-order valence-electron chi connectivity index (χ3n) is 5.31. The highest BCUT2D eigenvalue weighted by atomic mass is 16.5. The van der Waals surface area contributed by atoms with Crippen molar-refractivity contribution < 1.29 is 13.9 Å². The highest BCUT2D eigenvalue weighted by molar-refractivity contribution is 5.75. The summed E-state index contributed by atoms with van der Waals surface area (Å²) in [5.74, 6) is 2.00. The first-order valence-corrected chi connectivity index (χ1v) is 11.3. The molecular weight excluding hydrogens is 428 g/mol. The number of hydrogen-bond acceptors (Lipinski definition) is 4. The zero-order chi connectivity index (χ0) is 24.1. The van der Waals surface area contributed by atoms with E-state index < -0.39 is 0 Å². The van der Waals surface area contributed by atoms with Crippen LogP contribution in [0.15, 0.2) is 77.4 Å². The number of rotatable bonds is 8. The molecule has 0 aliphatic heterocycles. The second kappa shape index (κ2) is 10.3. The van der Waals surface area contributed by atoms with Gasteiger partial charge in [0.2, 0.25) is 5.88 Å². The van der Waals surface area contributed by atoms with Crippen molar-refractivity contribution in [1.29, 1.82) is 0 Å². The Morgan fingerprint density at radius 1 is 1.09 bits per heavy atom. The van der Waals surface area contributed by atoms with Crippen molar-refractivity contribution in [2.75, 3.05) is 0 Å². The third-order valence-corrected chi connectivity index (χ3v) is 5.31. The van der Waals surface area contributed by atoms with Gasteiger partial charge in [-0.3, -0.25) is 0 Å². The maximum atomic E-state index is 13.2. The Labute approximate surface area is 200 Å². The fourth-order valence-corrected chi connectivity index (χ4v) is 3.76. The molecule has 0 atom stereocenters. The molecule has 0 aliphatic rings. The summed E-state index contributed by atoms with van der Waals surface area (Å²) in [6, 6.07) is 21.3. The highest BCUT2D eigenvalue weighted by Crippen LogP contribution is 2.34. The number of hydrogen-bond donors (Lipinski definition) is 1. The van der Waals surface area contributed by atoms with Crippen LogP contribution in [0.4, 0.5) is 4.79 Å². The monoisotopic (exact) mass is 458 g/mol. The molecule has 2 heterocycles. The molecule has 176 valence electrons. The summed E-state index contributed by atoms with van der Waals surface area (Å²) in [6.07, 6.45) is 1.61. The van der Waals surface area contributed by atoms with Gasteiger partial charge < -0.3 is 19.4 Å². The number of urea groups is 1. The number of ether oxygens (including phenoxy) is 1. The molecule has 4 aromatic rings. The van der Waals surface area contributed by atoms with E-state index >= 15 is 0 Å². The Morgan fingerprint density at radius 3 is 2.56 bits per heavy atom. The predicted molar refractivity (Wildman–Crippen MR) is 132 cm³/mol. The molecule has 0 radical (unpaired) electrons. The zero-order valence-electron chi connectivity index (χ0n) is 20.0. The predicted octanol–water partition coefficient (Wildman–Crippen LogP) is 5.90. The number of furan rings is 1. The number of amides is 2. The summed E-state index contributed by atoms with van der Waals surface area (Å²) in [5, 5.41) is 7.78. The van der Waals surface area contributed by atoms with Crippen LogP contribution >= 0.6 is 0 Å². The highest BCUT2D eigenvalue weighted by Gasteiger charge is 2.25. The van der Waals surface area contributed by atoms with Crippen LogP contribution in [-0.2, 0) is 20.1 Å². The second-order valence-corrected chi connectivity index (χ2v) is 8.58. The summed E-state index contributed by atoms with van der Waals surface area (Å²) in [5.41, 5.74) is 3.64. The normalized spacial score (nSPS) is 11.0. The molecule has 7 nitrogen and oxygen atoms in total. The summed E-state index contributed by atoms with van der Waals surface area (Å²) >= 11 is 0. The standard InChI is InChI=1S/C27H30N4O3/c1-19(2)28-27(32)31(17-23-14-9-15-33-23)18-24-25(21-11-6-5-7-12-21)29-30(4)26(24)34-22-13-8-10-20(3)16-22/h5-16,19H,17-18H2,1-4H3,(H,28,32). The molecule has 0 aliphatic carbocycles. The molecule has 1 N–H and O–H groups in total. The van der Waals surface area contributed by atoms with Gasteiger partial charge in [0, 0.05) is 18.7 Å². The van der Waals surface area contributed by atoms with Crippen molar-refractivity contribution in [3.63, 3.8) is 0 Å². The van der Waals surface area contributed by atoms with Crippen molar-refractivity contribution >= 4 is 6.03 Å². The molecule has 0 unspecified atom stereocenters. The quantitative estimate of drug-likeness (QED) is 0.357. The van der Waals surface area contributed by atoms with Gasteiger partial charge in [-0.25, -0.2) is 9.48 Å². The van der Waals surface area contributed by atoms with Gasteiger partial charge in [-0.05, 0) is 50.6 Å². The summed E-state index contributed by atoms with van der Waals surface area (Å²) in [4.78, 5) is 14.9. The maximum Gasteiger partial charge on any atom is 0.318 e. The van der Waals surface area contributed by atoms with Gasteiger partial charge in [0.1, 0.15) is 17.2 Å². The molecule has 4 rings (SSSR count). The van der Waals surface area contributed by atoms with Crippen molar-refractivity contribution in [2.24, 2.45) is 7.05 Å². The maximum absolute atomic E-state index is 13.2. The van der Waals surface area contributed by atoms with Crippen molar-refractivity contribution in [2.45, 2.75) is 39.9 Å². The van der Waals surface area contributed by atoms with Crippen LogP contribution in [0.1, 0.15) is 30.7 Å². The SMILES string of the molecule is Cc1cccc(Oc2c(CN(Cc3ccco3)C(=O)NC(C)C)c(-c3ccccc3)nn2C)c1. The molecule has 0 bridgehead atoms. The van der Waals surface area contributed by atoms with E-state index in [2.05, 4.69) is 5.32 Å². The lowest BCUT2D eigenvalue weighted by molar-refractivity contribution is 0.184. The number of nitrogens with zero attached hydrogens (tertiary/aromatic N) is 3. The van der Waals surface area contributed by atoms with E-state index in [1.54, 1.807) is 15.8 Å². The van der Waals surface area contributed by atoms with E-state index in [1.165, 1.54) is 0 Å². The summed E-state index contributed by atoms with van der Waals surface area (Å²) in [6.45, 7) is 6.51. The molecule has 2 aromatic carbocycles. The van der Waals surface area contributed by atoms with Gasteiger partial charge in [0.15, 0.2) is 0 Å². The lowest BCUT2D eigenvalue weighted by Gasteiger charge is -2.24. The Morgan fingerprint density at radius 2 is 1.88 bits per heavy atom. The average Bonchev–Trinajstić information content (AvgIpc) is 3.42. The number of aromatic nitrogens is 2. The van der Waals surface area contributed by atoms with Gasteiger partial charge in [0.05, 0.1) is 24.9 Å². The molecule has 2 amide bonds. The van der Waals surface area contributed by atoms with E-state index in [4.69, 9.17) is 14.3 Å². The Bertz CT molecular complexity index is 1230. The minimum absolute atomic E-state index is 0.00268. The van der Waals surface area contributed by atoms with E-state index in [0.29, 0.717) is 30.5 Å². The smallest absolute Gasteiger partial charge is 0.318 e. The number of nitrogens with one attached hydrogen (secondary N) is 1. The van der Waals surface area contributed by atoms with Gasteiger partial charge in [-0.2, -0.15) is 5.10 Å². The van der Waals surface area contributed by atoms with E-state index in [9.17, 15) is 4.79 Å². The molecule has 0 saturated heterocycles. The van der Waals surface area contributed by atoms with Gasteiger partial charge >= 0.3 is 6.03 Å². The number of carbonyl (C=O) groups excluding carboxylic acids is 1. The topological polar surface area (TPSA) is 72.5 Å². The van der Waals surface area contributed by atoms with Crippen molar-refractivity contribution in [3.05, 3.63) is 89.9 Å². The Hall–Kier alpha value is -4.00. The lowest BCUT2D eigenvalue weighted by Crippen LogP contribution is -2.42. The van der Waals surface area contributed by atoms with Crippen LogP contribution in [0.25, 0.3) is 11.3 Å². The van der Waals surface area contributed by atoms with Crippen LogP contribution in [0.3, 0.4) is 0 Å². The molecule has 7 heteroatoms. The van der Waals surface area contributed by atoms with E-state index in [1.807, 2.05) is 94.5 Å². The lowest BCUT2D eigenvalue weighted by atomic mass is 10.1. The fraction of sp³-hybridized carbons (Fsp3) is 0.259. The molecule has 0 fully saturated rings. The van der Waals surface area contributed by atoms with Crippen LogP contribution in [0, 0.1) is 6.92 Å². The van der Waals surface area contributed by atoms with E-state index in [0.717, 1.165) is 22.4 Å². The van der Waals surface area contributed by atoms with Crippen LogP contribution < -0.4 is 10.1 Å². The fourth-order valence-electron chi connectivity index (χ4n) is 3.76. The molecular formula is C27H30N4O3. The Kier molecular flexibility index (Phi) is 7.01. The largest absolute Gasteiger partial charge is 0.467 e. The summed E-state index contributed by atoms with van der Waals surface area (Å²) in [7, 11) is 1.85. The Balaban J connectivity index is 1.76.